The van der Waals surface area contributed by atoms with Crippen molar-refractivity contribution in [2.45, 2.75) is 25.5 Å². The standard InChI is InChI=1S/C16H21ClN2O4/c1-10-7-11(3-4-12(10)17)16(22)18-13-5-6-19(8-14(13)20)15(21)9-23-2/h3-4,7,13-14,20H,5-6,8-9H2,1-2H3,(H,18,22)/t13-,14-/m1/s1. The molecule has 2 N–H and O–H groups in total. The van der Waals surface area contributed by atoms with E-state index in [0.29, 0.717) is 23.6 Å². The van der Waals surface area contributed by atoms with Crippen molar-refractivity contribution in [3.8, 4) is 0 Å². The molecule has 0 aliphatic carbocycles. The van der Waals surface area contributed by atoms with E-state index in [0.717, 1.165) is 5.56 Å². The summed E-state index contributed by atoms with van der Waals surface area (Å²) < 4.78 is 4.81. The number of hydrogen-bond donors (Lipinski definition) is 2. The second kappa shape index (κ2) is 7.77. The van der Waals surface area contributed by atoms with Crippen LogP contribution >= 0.6 is 11.6 Å². The van der Waals surface area contributed by atoms with E-state index in [2.05, 4.69) is 5.32 Å². The smallest absolute Gasteiger partial charge is 0.251 e. The molecule has 0 bridgehead atoms. The molecule has 0 unspecified atom stereocenters. The summed E-state index contributed by atoms with van der Waals surface area (Å²) in [6.45, 7) is 2.48. The molecule has 0 spiro atoms. The van der Waals surface area contributed by atoms with E-state index in [-0.39, 0.29) is 31.0 Å². The topological polar surface area (TPSA) is 78.9 Å². The first-order valence-electron chi connectivity index (χ1n) is 7.44. The molecule has 1 saturated heterocycles. The van der Waals surface area contributed by atoms with Gasteiger partial charge in [-0.1, -0.05) is 11.6 Å². The Hall–Kier alpha value is -1.63. The highest BCUT2D eigenvalue weighted by Crippen LogP contribution is 2.17. The Labute approximate surface area is 140 Å². The van der Waals surface area contributed by atoms with Gasteiger partial charge in [0.05, 0.1) is 12.1 Å². The summed E-state index contributed by atoms with van der Waals surface area (Å²) in [5, 5.41) is 13.6. The number of carbonyl (C=O) groups excluding carboxylic acids is 2. The van der Waals surface area contributed by atoms with Crippen molar-refractivity contribution < 1.29 is 19.4 Å². The SMILES string of the molecule is COCC(=O)N1CC[C@@H](NC(=O)c2ccc(Cl)c(C)c2)[C@H](O)C1. The van der Waals surface area contributed by atoms with Crippen molar-refractivity contribution in [1.29, 1.82) is 0 Å². The molecule has 1 aliphatic heterocycles. The zero-order valence-electron chi connectivity index (χ0n) is 13.2. The number of carbonyl (C=O) groups is 2. The lowest BCUT2D eigenvalue weighted by molar-refractivity contribution is -0.138. The number of nitrogens with one attached hydrogen (secondary N) is 1. The van der Waals surface area contributed by atoms with E-state index in [9.17, 15) is 14.7 Å². The first kappa shape index (κ1) is 17.7. The van der Waals surface area contributed by atoms with Crippen LogP contribution in [0.25, 0.3) is 0 Å². The van der Waals surface area contributed by atoms with Gasteiger partial charge < -0.3 is 20.1 Å². The number of nitrogens with zero attached hydrogens (tertiary/aromatic N) is 1. The van der Waals surface area contributed by atoms with Crippen LogP contribution in [0.1, 0.15) is 22.3 Å². The van der Waals surface area contributed by atoms with Gasteiger partial charge in [-0.05, 0) is 37.1 Å². The number of ether oxygens (including phenoxy) is 1. The number of methoxy groups -OCH3 is 1. The van der Waals surface area contributed by atoms with Gasteiger partial charge in [0.2, 0.25) is 5.91 Å². The molecule has 2 rings (SSSR count). The third kappa shape index (κ3) is 4.43. The molecule has 0 radical (unpaired) electrons. The van der Waals surface area contributed by atoms with E-state index in [1.165, 1.54) is 7.11 Å². The molecular weight excluding hydrogens is 320 g/mol. The van der Waals surface area contributed by atoms with E-state index in [4.69, 9.17) is 16.3 Å². The van der Waals surface area contributed by atoms with Gasteiger partial charge >= 0.3 is 0 Å². The van der Waals surface area contributed by atoms with Gasteiger partial charge in [0.15, 0.2) is 0 Å². The fourth-order valence-corrected chi connectivity index (χ4v) is 2.70. The Bertz CT molecular complexity index is 593. The number of hydrogen-bond acceptors (Lipinski definition) is 4. The van der Waals surface area contributed by atoms with Crippen molar-refractivity contribution in [1.82, 2.24) is 10.2 Å². The number of aryl methyl sites for hydroxylation is 1. The number of piperidine rings is 1. The maximum absolute atomic E-state index is 12.3. The molecule has 7 heteroatoms. The first-order valence-corrected chi connectivity index (χ1v) is 7.82. The van der Waals surface area contributed by atoms with Crippen LogP contribution in [0.5, 0.6) is 0 Å². The van der Waals surface area contributed by atoms with Crippen molar-refractivity contribution in [2.75, 3.05) is 26.8 Å². The maximum atomic E-state index is 12.3. The van der Waals surface area contributed by atoms with Crippen molar-refractivity contribution in [3.05, 3.63) is 34.3 Å². The number of amides is 2. The summed E-state index contributed by atoms with van der Waals surface area (Å²) in [6.07, 6.45) is -0.309. The Morgan fingerprint density at radius 2 is 2.22 bits per heavy atom. The monoisotopic (exact) mass is 340 g/mol. The summed E-state index contributed by atoms with van der Waals surface area (Å²) in [5.74, 6) is -0.421. The van der Waals surface area contributed by atoms with Gasteiger partial charge in [-0.25, -0.2) is 0 Å². The average Bonchev–Trinajstić information content (AvgIpc) is 2.52. The largest absolute Gasteiger partial charge is 0.389 e. The van der Waals surface area contributed by atoms with Gasteiger partial charge in [0.1, 0.15) is 6.61 Å². The Kier molecular flexibility index (Phi) is 5.98. The number of likely N-dealkylation sites (tertiary alicyclic amines) is 1. The molecule has 1 fully saturated rings. The maximum Gasteiger partial charge on any atom is 0.251 e. The van der Waals surface area contributed by atoms with Crippen molar-refractivity contribution in [2.24, 2.45) is 0 Å². The lowest BCUT2D eigenvalue weighted by Crippen LogP contribution is -2.55. The second-order valence-electron chi connectivity index (χ2n) is 5.67. The first-order chi connectivity index (χ1) is 10.9. The highest BCUT2D eigenvalue weighted by atomic mass is 35.5. The van der Waals surface area contributed by atoms with Crippen LogP contribution in [0.4, 0.5) is 0 Å². The Morgan fingerprint density at radius 1 is 1.48 bits per heavy atom. The van der Waals surface area contributed by atoms with Crippen LogP contribution < -0.4 is 5.32 Å². The van der Waals surface area contributed by atoms with Gasteiger partial charge in [0, 0.05) is 30.8 Å². The van der Waals surface area contributed by atoms with E-state index in [1.54, 1.807) is 23.1 Å². The van der Waals surface area contributed by atoms with Crippen molar-refractivity contribution >= 4 is 23.4 Å². The molecule has 2 atom stereocenters. The van der Waals surface area contributed by atoms with Gasteiger partial charge in [0.25, 0.3) is 5.91 Å². The number of β-amino-alcohol motifs (C(OH)–C–C–N with tert-alkyl or cyclic N) is 1. The lowest BCUT2D eigenvalue weighted by Gasteiger charge is -2.36. The van der Waals surface area contributed by atoms with Gasteiger partial charge in [-0.15, -0.1) is 0 Å². The number of halogens is 1. The number of aliphatic hydroxyl groups excluding tert-OH is 1. The molecule has 0 saturated carbocycles. The predicted molar refractivity (Wildman–Crippen MR) is 86.5 cm³/mol. The summed E-state index contributed by atoms with van der Waals surface area (Å²) in [4.78, 5) is 25.6. The number of aliphatic hydroxyl groups is 1. The zero-order valence-corrected chi connectivity index (χ0v) is 14.0. The van der Waals surface area contributed by atoms with Crippen LogP contribution in [0.3, 0.4) is 0 Å². The highest BCUT2D eigenvalue weighted by molar-refractivity contribution is 6.31. The normalized spacial score (nSPS) is 21.1. The summed E-state index contributed by atoms with van der Waals surface area (Å²) >= 11 is 5.95. The van der Waals surface area contributed by atoms with Crippen LogP contribution in [0.15, 0.2) is 18.2 Å². The minimum atomic E-state index is -0.804. The molecule has 1 heterocycles. The minimum Gasteiger partial charge on any atom is -0.389 e. The van der Waals surface area contributed by atoms with Crippen LogP contribution in [-0.4, -0.2) is 60.8 Å². The minimum absolute atomic E-state index is 0.00615. The van der Waals surface area contributed by atoms with Gasteiger partial charge in [-0.3, -0.25) is 9.59 Å². The number of rotatable bonds is 4. The molecular formula is C16H21ClN2O4. The molecule has 126 valence electrons. The highest BCUT2D eigenvalue weighted by Gasteiger charge is 2.31. The van der Waals surface area contributed by atoms with E-state index in [1.807, 2.05) is 6.92 Å². The fraction of sp³-hybridized carbons (Fsp3) is 0.500. The summed E-state index contributed by atoms with van der Waals surface area (Å²) in [6, 6.07) is 4.65. The second-order valence-corrected chi connectivity index (χ2v) is 6.08. The Balaban J connectivity index is 1.94. The summed E-state index contributed by atoms with van der Waals surface area (Å²) in [7, 11) is 1.45. The fourth-order valence-electron chi connectivity index (χ4n) is 2.58. The van der Waals surface area contributed by atoms with E-state index < -0.39 is 6.10 Å². The average molecular weight is 341 g/mol. The third-order valence-electron chi connectivity index (χ3n) is 3.94. The van der Waals surface area contributed by atoms with Crippen molar-refractivity contribution in [3.63, 3.8) is 0 Å². The van der Waals surface area contributed by atoms with Crippen LogP contribution in [0, 0.1) is 6.92 Å². The Morgan fingerprint density at radius 3 is 2.83 bits per heavy atom. The molecule has 2 amide bonds. The summed E-state index contributed by atoms with van der Waals surface area (Å²) in [5.41, 5.74) is 1.32. The number of benzene rings is 1. The van der Waals surface area contributed by atoms with E-state index >= 15 is 0 Å². The molecule has 0 aromatic heterocycles. The van der Waals surface area contributed by atoms with Gasteiger partial charge in [-0.2, -0.15) is 0 Å². The van der Waals surface area contributed by atoms with Crippen LogP contribution in [0.2, 0.25) is 5.02 Å². The molecule has 1 aromatic carbocycles. The molecule has 1 aliphatic rings. The lowest BCUT2D eigenvalue weighted by atomic mass is 10.0. The molecule has 23 heavy (non-hydrogen) atoms. The third-order valence-corrected chi connectivity index (χ3v) is 4.36. The van der Waals surface area contributed by atoms with Crippen LogP contribution in [-0.2, 0) is 9.53 Å². The zero-order chi connectivity index (χ0) is 17.0. The molecule has 6 nitrogen and oxygen atoms in total. The predicted octanol–water partition coefficient (Wildman–Crippen LogP) is 0.986. The molecule has 1 aromatic rings. The quantitative estimate of drug-likeness (QED) is 0.856.